The van der Waals surface area contributed by atoms with Gasteiger partial charge < -0.3 is 5.32 Å². The Kier molecular flexibility index (Phi) is 3.99. The van der Waals surface area contributed by atoms with Crippen LogP contribution < -0.4 is 5.32 Å². The highest BCUT2D eigenvalue weighted by Gasteiger charge is 2.02. The molecule has 0 radical (unpaired) electrons. The quantitative estimate of drug-likeness (QED) is 0.595. The number of rotatable bonds is 2. The van der Waals surface area contributed by atoms with Crippen molar-refractivity contribution in [1.29, 1.82) is 0 Å². The number of benzene rings is 1. The molecule has 1 heterocycles. The van der Waals surface area contributed by atoms with Crippen molar-refractivity contribution in [2.45, 2.75) is 0 Å². The second-order valence-electron chi connectivity index (χ2n) is 2.98. The minimum absolute atomic E-state index is 0.668. The molecule has 1 aromatic carbocycles. The Morgan fingerprint density at radius 3 is 2.75 bits per heavy atom. The third-order valence-electron chi connectivity index (χ3n) is 1.83. The maximum Gasteiger partial charge on any atom is 0.134 e. The molecule has 1 N–H and O–H groups in total. The van der Waals surface area contributed by atoms with E-state index in [1.54, 1.807) is 6.07 Å². The molecule has 0 aliphatic rings. The van der Waals surface area contributed by atoms with Gasteiger partial charge >= 0.3 is 0 Å². The van der Waals surface area contributed by atoms with Crippen molar-refractivity contribution in [2.24, 2.45) is 0 Å². The van der Waals surface area contributed by atoms with E-state index >= 15 is 0 Å². The zero-order valence-corrected chi connectivity index (χ0v) is 12.4. The Morgan fingerprint density at radius 2 is 2.06 bits per heavy atom. The van der Waals surface area contributed by atoms with Crippen molar-refractivity contribution in [3.63, 3.8) is 0 Å². The summed E-state index contributed by atoms with van der Waals surface area (Å²) in [6.45, 7) is 0. The molecule has 0 bridgehead atoms. The van der Waals surface area contributed by atoms with Gasteiger partial charge in [-0.15, -0.1) is 0 Å². The van der Waals surface area contributed by atoms with E-state index in [0.29, 0.717) is 10.8 Å². The average Bonchev–Trinajstić information content (AvgIpc) is 2.22. The number of hydrogen-bond donors (Lipinski definition) is 1. The maximum absolute atomic E-state index is 6.10. The first-order valence-corrected chi connectivity index (χ1v) is 6.60. The number of nitrogens with one attached hydrogen (secondary N) is 1. The summed E-state index contributed by atoms with van der Waals surface area (Å²) in [6, 6.07) is 7.57. The molecule has 6 heteroatoms. The molecule has 3 nitrogen and oxygen atoms in total. The Hall–Kier alpha value is -0.400. The van der Waals surface area contributed by atoms with E-state index in [0.717, 1.165) is 13.9 Å². The third-order valence-corrected chi connectivity index (χ3v) is 3.24. The Labute approximate surface area is 120 Å². The molecule has 0 atom stereocenters. The fraction of sp³-hybridized carbons (Fsp3) is 0. The summed E-state index contributed by atoms with van der Waals surface area (Å²) in [6.07, 6.45) is 1.48. The highest BCUT2D eigenvalue weighted by Crippen LogP contribution is 2.26. The van der Waals surface area contributed by atoms with Crippen LogP contribution in [0.1, 0.15) is 0 Å². The van der Waals surface area contributed by atoms with E-state index in [-0.39, 0.29) is 0 Å². The van der Waals surface area contributed by atoms with Gasteiger partial charge in [-0.3, -0.25) is 0 Å². The van der Waals surface area contributed by atoms with E-state index in [4.69, 9.17) is 11.6 Å². The number of halogens is 3. The van der Waals surface area contributed by atoms with Crippen LogP contribution in [0.3, 0.4) is 0 Å². The van der Waals surface area contributed by atoms with E-state index in [2.05, 4.69) is 53.8 Å². The van der Waals surface area contributed by atoms with E-state index < -0.39 is 0 Å². The largest absolute Gasteiger partial charge is 0.339 e. The highest BCUT2D eigenvalue weighted by atomic mass is 127. The second-order valence-corrected chi connectivity index (χ2v) is 5.44. The summed E-state index contributed by atoms with van der Waals surface area (Å²) in [7, 11) is 0. The van der Waals surface area contributed by atoms with Gasteiger partial charge in [-0.1, -0.05) is 11.6 Å². The summed E-state index contributed by atoms with van der Waals surface area (Å²) in [5, 5.41) is 3.79. The predicted molar refractivity (Wildman–Crippen MR) is 77.2 cm³/mol. The number of anilines is 2. The van der Waals surface area contributed by atoms with E-state index in [1.165, 1.54) is 6.33 Å². The molecule has 0 saturated carbocycles. The Bertz CT molecular complexity index is 521. The third kappa shape index (κ3) is 3.05. The first-order valence-electron chi connectivity index (χ1n) is 4.35. The van der Waals surface area contributed by atoms with Crippen LogP contribution in [0.2, 0.25) is 5.02 Å². The fourth-order valence-electron chi connectivity index (χ4n) is 1.13. The molecule has 0 fully saturated rings. The van der Waals surface area contributed by atoms with Crippen molar-refractivity contribution in [2.75, 3.05) is 5.32 Å². The van der Waals surface area contributed by atoms with Crippen LogP contribution in [0.5, 0.6) is 0 Å². The van der Waals surface area contributed by atoms with Gasteiger partial charge in [0.05, 0.1) is 10.7 Å². The predicted octanol–water partition coefficient (Wildman–Crippen LogP) is 4.24. The van der Waals surface area contributed by atoms with Crippen LogP contribution >= 0.6 is 50.1 Å². The standard InChI is InChI=1S/C10H6BrClIN3/c11-9-4-10(15-5-14-9)16-8-2-1-6(13)3-7(8)12/h1-5H,(H,14,15,16). The van der Waals surface area contributed by atoms with Crippen molar-refractivity contribution in [1.82, 2.24) is 9.97 Å². The molecular weight excluding hydrogens is 404 g/mol. The lowest BCUT2D eigenvalue weighted by atomic mass is 10.3. The molecule has 2 rings (SSSR count). The van der Waals surface area contributed by atoms with Gasteiger partial charge in [-0.2, -0.15) is 0 Å². The lowest BCUT2D eigenvalue weighted by molar-refractivity contribution is 1.14. The first-order chi connectivity index (χ1) is 7.65. The van der Waals surface area contributed by atoms with Crippen molar-refractivity contribution < 1.29 is 0 Å². The zero-order valence-electron chi connectivity index (χ0n) is 7.92. The second kappa shape index (κ2) is 5.29. The summed E-state index contributed by atoms with van der Waals surface area (Å²) in [5.41, 5.74) is 0.827. The summed E-state index contributed by atoms with van der Waals surface area (Å²) >= 11 is 11.6. The average molecular weight is 410 g/mol. The zero-order chi connectivity index (χ0) is 11.5. The van der Waals surface area contributed by atoms with Crippen molar-refractivity contribution >= 4 is 61.6 Å². The van der Waals surface area contributed by atoms with E-state index in [1.807, 2.05) is 18.2 Å². The lowest BCUT2D eigenvalue weighted by Gasteiger charge is -2.07. The van der Waals surface area contributed by atoms with Gasteiger partial charge in [0.2, 0.25) is 0 Å². The van der Waals surface area contributed by atoms with Crippen LogP contribution in [0.15, 0.2) is 35.2 Å². The molecule has 2 aromatic rings. The topological polar surface area (TPSA) is 37.8 Å². The van der Waals surface area contributed by atoms with Crippen LogP contribution in [0.25, 0.3) is 0 Å². The monoisotopic (exact) mass is 409 g/mol. The molecule has 1 aromatic heterocycles. The molecule has 0 aliphatic heterocycles. The number of aromatic nitrogens is 2. The first kappa shape index (κ1) is 12.1. The molecule has 16 heavy (non-hydrogen) atoms. The summed E-state index contributed by atoms with van der Waals surface area (Å²) < 4.78 is 1.82. The van der Waals surface area contributed by atoms with Crippen LogP contribution in [0.4, 0.5) is 11.5 Å². The van der Waals surface area contributed by atoms with Crippen LogP contribution in [-0.4, -0.2) is 9.97 Å². The van der Waals surface area contributed by atoms with E-state index in [9.17, 15) is 0 Å². The van der Waals surface area contributed by atoms with Crippen molar-refractivity contribution in [3.05, 3.63) is 43.8 Å². The molecule has 82 valence electrons. The Balaban J connectivity index is 2.27. The number of nitrogens with zero attached hydrogens (tertiary/aromatic N) is 2. The molecule has 0 spiro atoms. The maximum atomic E-state index is 6.10. The fourth-order valence-corrected chi connectivity index (χ4v) is 2.34. The smallest absolute Gasteiger partial charge is 0.134 e. The summed E-state index contributed by atoms with van der Waals surface area (Å²) in [4.78, 5) is 8.04. The molecular formula is C10H6BrClIN3. The number of hydrogen-bond acceptors (Lipinski definition) is 3. The van der Waals surface area contributed by atoms with Gasteiger partial charge in [0.25, 0.3) is 0 Å². The normalized spacial score (nSPS) is 10.2. The van der Waals surface area contributed by atoms with Crippen LogP contribution in [0, 0.1) is 3.57 Å². The van der Waals surface area contributed by atoms with Gasteiger partial charge in [-0.05, 0) is 56.7 Å². The summed E-state index contributed by atoms with van der Waals surface area (Å²) in [5.74, 6) is 0.699. The minimum atomic E-state index is 0.668. The van der Waals surface area contributed by atoms with Gasteiger partial charge in [0.1, 0.15) is 16.7 Å². The lowest BCUT2D eigenvalue weighted by Crippen LogP contribution is -1.95. The van der Waals surface area contributed by atoms with Crippen molar-refractivity contribution in [3.8, 4) is 0 Å². The molecule has 0 unspecified atom stereocenters. The molecule has 0 aliphatic carbocycles. The Morgan fingerprint density at radius 1 is 1.25 bits per heavy atom. The van der Waals surface area contributed by atoms with Gasteiger partial charge in [0, 0.05) is 9.64 Å². The minimum Gasteiger partial charge on any atom is -0.339 e. The van der Waals surface area contributed by atoms with Gasteiger partial charge in [0.15, 0.2) is 0 Å². The molecule has 0 saturated heterocycles. The molecule has 0 amide bonds. The van der Waals surface area contributed by atoms with Crippen LogP contribution in [-0.2, 0) is 0 Å². The highest BCUT2D eigenvalue weighted by molar-refractivity contribution is 14.1. The van der Waals surface area contributed by atoms with Gasteiger partial charge in [-0.25, -0.2) is 9.97 Å². The SMILES string of the molecule is Clc1cc(I)ccc1Nc1cc(Br)ncn1.